The Morgan fingerprint density at radius 1 is 1.09 bits per heavy atom. The largest absolute Gasteiger partial charge is 0.507 e. The molecule has 0 atom stereocenters. The van der Waals surface area contributed by atoms with Crippen molar-refractivity contribution in [1.29, 1.82) is 0 Å². The van der Waals surface area contributed by atoms with Gasteiger partial charge in [0.1, 0.15) is 17.3 Å². The van der Waals surface area contributed by atoms with Crippen molar-refractivity contribution in [2.45, 2.75) is 32.6 Å². The van der Waals surface area contributed by atoms with Gasteiger partial charge in [0.15, 0.2) is 5.78 Å². The van der Waals surface area contributed by atoms with E-state index in [9.17, 15) is 14.3 Å². The summed E-state index contributed by atoms with van der Waals surface area (Å²) in [5.74, 6) is -0.352. The minimum Gasteiger partial charge on any atom is -0.507 e. The third-order valence-electron chi connectivity index (χ3n) is 3.59. The third kappa shape index (κ3) is 4.81. The van der Waals surface area contributed by atoms with Crippen LogP contribution in [0.2, 0.25) is 0 Å². The Bertz CT molecular complexity index is 650. The molecule has 0 aromatic heterocycles. The predicted molar refractivity (Wildman–Crippen MR) is 87.6 cm³/mol. The number of phenols is 1. The first-order valence-corrected chi connectivity index (χ1v) is 7.88. The number of hydrogen-bond donors (Lipinski definition) is 1. The van der Waals surface area contributed by atoms with Gasteiger partial charge in [-0.25, -0.2) is 4.39 Å². The van der Waals surface area contributed by atoms with E-state index in [-0.39, 0.29) is 17.1 Å². The van der Waals surface area contributed by atoms with Crippen molar-refractivity contribution in [2.75, 3.05) is 6.61 Å². The number of unbranched alkanes of at least 4 members (excludes halogenated alkanes) is 3. The molecule has 23 heavy (non-hydrogen) atoms. The minimum absolute atomic E-state index is 0.134. The summed E-state index contributed by atoms with van der Waals surface area (Å²) in [6, 6.07) is 9.87. The Morgan fingerprint density at radius 3 is 2.48 bits per heavy atom. The summed E-state index contributed by atoms with van der Waals surface area (Å²) < 4.78 is 18.5. The quantitative estimate of drug-likeness (QED) is 0.566. The molecule has 2 rings (SSSR count). The molecule has 0 heterocycles. The van der Waals surface area contributed by atoms with Crippen LogP contribution in [-0.2, 0) is 0 Å². The molecule has 0 saturated carbocycles. The molecule has 0 unspecified atom stereocenters. The molecule has 0 aliphatic rings. The molecule has 0 amide bonds. The number of carbonyl (C=O) groups is 1. The summed E-state index contributed by atoms with van der Waals surface area (Å²) in [6.45, 7) is 2.74. The van der Waals surface area contributed by atoms with Gasteiger partial charge in [-0.3, -0.25) is 4.79 Å². The van der Waals surface area contributed by atoms with Crippen LogP contribution in [-0.4, -0.2) is 17.5 Å². The van der Waals surface area contributed by atoms with Crippen molar-refractivity contribution >= 4 is 5.78 Å². The van der Waals surface area contributed by atoms with E-state index in [0.717, 1.165) is 12.8 Å². The van der Waals surface area contributed by atoms with E-state index in [2.05, 4.69) is 6.92 Å². The zero-order chi connectivity index (χ0) is 16.7. The zero-order valence-electron chi connectivity index (χ0n) is 13.2. The van der Waals surface area contributed by atoms with E-state index in [0.29, 0.717) is 17.9 Å². The molecule has 4 heteroatoms. The van der Waals surface area contributed by atoms with Gasteiger partial charge in [-0.2, -0.15) is 0 Å². The molecular weight excluding hydrogens is 295 g/mol. The van der Waals surface area contributed by atoms with E-state index in [1.165, 1.54) is 49.2 Å². The van der Waals surface area contributed by atoms with Crippen LogP contribution in [0.4, 0.5) is 4.39 Å². The Hall–Kier alpha value is -2.36. The minimum atomic E-state index is -0.405. The molecule has 122 valence electrons. The SMILES string of the molecule is CCCCCCOc1ccc(C(=O)c2ccc(F)cc2)c(O)c1. The summed E-state index contributed by atoms with van der Waals surface area (Å²) in [4.78, 5) is 12.3. The number of ether oxygens (including phenoxy) is 1. The fourth-order valence-electron chi connectivity index (χ4n) is 2.27. The first-order chi connectivity index (χ1) is 11.1. The molecular formula is C19H21FO3. The number of aromatic hydroxyl groups is 1. The van der Waals surface area contributed by atoms with Crippen molar-refractivity contribution in [2.24, 2.45) is 0 Å². The molecule has 0 spiro atoms. The van der Waals surface area contributed by atoms with E-state index in [1.54, 1.807) is 6.07 Å². The number of carbonyl (C=O) groups excluding carboxylic acids is 1. The van der Waals surface area contributed by atoms with Crippen molar-refractivity contribution in [1.82, 2.24) is 0 Å². The highest BCUT2D eigenvalue weighted by atomic mass is 19.1. The maximum absolute atomic E-state index is 12.9. The lowest BCUT2D eigenvalue weighted by molar-refractivity contribution is 0.103. The van der Waals surface area contributed by atoms with E-state index in [1.807, 2.05) is 0 Å². The predicted octanol–water partition coefficient (Wildman–Crippen LogP) is 4.72. The monoisotopic (exact) mass is 316 g/mol. The van der Waals surface area contributed by atoms with Gasteiger partial charge in [-0.05, 0) is 42.8 Å². The first-order valence-electron chi connectivity index (χ1n) is 7.88. The van der Waals surface area contributed by atoms with Crippen LogP contribution < -0.4 is 4.74 Å². The smallest absolute Gasteiger partial charge is 0.196 e. The van der Waals surface area contributed by atoms with Crippen LogP contribution in [0.25, 0.3) is 0 Å². The van der Waals surface area contributed by atoms with Gasteiger partial charge in [0.25, 0.3) is 0 Å². The van der Waals surface area contributed by atoms with E-state index >= 15 is 0 Å². The summed E-state index contributed by atoms with van der Waals surface area (Å²) in [5, 5.41) is 10.0. The van der Waals surface area contributed by atoms with Crippen LogP contribution in [0.5, 0.6) is 11.5 Å². The summed E-state index contributed by atoms with van der Waals surface area (Å²) in [6.07, 6.45) is 4.43. The van der Waals surface area contributed by atoms with Crippen LogP contribution in [0.15, 0.2) is 42.5 Å². The fourth-order valence-corrected chi connectivity index (χ4v) is 2.27. The Balaban J connectivity index is 2.01. The van der Waals surface area contributed by atoms with Crippen molar-refractivity contribution in [3.8, 4) is 11.5 Å². The molecule has 0 bridgehead atoms. The number of rotatable bonds is 8. The van der Waals surface area contributed by atoms with Crippen molar-refractivity contribution in [3.05, 3.63) is 59.4 Å². The number of benzene rings is 2. The molecule has 0 aliphatic carbocycles. The number of phenolic OH excluding ortho intramolecular Hbond substituents is 1. The maximum Gasteiger partial charge on any atom is 0.196 e. The van der Waals surface area contributed by atoms with Crippen LogP contribution in [0.3, 0.4) is 0 Å². The summed E-state index contributed by atoms with van der Waals surface area (Å²) in [7, 11) is 0. The van der Waals surface area contributed by atoms with Gasteiger partial charge in [-0.15, -0.1) is 0 Å². The Kier molecular flexibility index (Phi) is 6.15. The Labute approximate surface area is 135 Å². The zero-order valence-corrected chi connectivity index (χ0v) is 13.2. The molecule has 2 aromatic carbocycles. The van der Waals surface area contributed by atoms with Gasteiger partial charge in [-0.1, -0.05) is 26.2 Å². The number of hydrogen-bond acceptors (Lipinski definition) is 3. The second-order valence-corrected chi connectivity index (χ2v) is 5.42. The van der Waals surface area contributed by atoms with Gasteiger partial charge in [0.05, 0.1) is 12.2 Å². The van der Waals surface area contributed by atoms with Gasteiger partial charge in [0.2, 0.25) is 0 Å². The summed E-state index contributed by atoms with van der Waals surface area (Å²) >= 11 is 0. The first kappa shape index (κ1) is 17.0. The fraction of sp³-hybridized carbons (Fsp3) is 0.316. The standard InChI is InChI=1S/C19H21FO3/c1-2-3-4-5-12-23-16-10-11-17(18(21)13-16)19(22)14-6-8-15(20)9-7-14/h6-11,13,21H,2-5,12H2,1H3. The average molecular weight is 316 g/mol. The highest BCUT2D eigenvalue weighted by Gasteiger charge is 2.14. The molecule has 0 saturated heterocycles. The van der Waals surface area contributed by atoms with Gasteiger partial charge < -0.3 is 9.84 Å². The molecule has 0 aliphatic heterocycles. The molecule has 0 radical (unpaired) electrons. The normalized spacial score (nSPS) is 10.5. The van der Waals surface area contributed by atoms with Crippen molar-refractivity contribution in [3.63, 3.8) is 0 Å². The molecule has 3 nitrogen and oxygen atoms in total. The average Bonchev–Trinajstić information content (AvgIpc) is 2.55. The third-order valence-corrected chi connectivity index (χ3v) is 3.59. The van der Waals surface area contributed by atoms with Gasteiger partial charge in [0, 0.05) is 11.6 Å². The van der Waals surface area contributed by atoms with E-state index in [4.69, 9.17) is 4.74 Å². The lowest BCUT2D eigenvalue weighted by Crippen LogP contribution is -2.03. The molecule has 2 aromatic rings. The van der Waals surface area contributed by atoms with Crippen molar-refractivity contribution < 1.29 is 19.0 Å². The lowest BCUT2D eigenvalue weighted by atomic mass is 10.0. The second-order valence-electron chi connectivity index (χ2n) is 5.42. The Morgan fingerprint density at radius 2 is 1.83 bits per heavy atom. The number of halogens is 1. The lowest BCUT2D eigenvalue weighted by Gasteiger charge is -2.09. The van der Waals surface area contributed by atoms with E-state index < -0.39 is 5.82 Å². The van der Waals surface area contributed by atoms with Crippen LogP contribution >= 0.6 is 0 Å². The van der Waals surface area contributed by atoms with Gasteiger partial charge >= 0.3 is 0 Å². The topological polar surface area (TPSA) is 46.5 Å². The molecule has 1 N–H and O–H groups in total. The van der Waals surface area contributed by atoms with Crippen LogP contribution in [0, 0.1) is 5.82 Å². The van der Waals surface area contributed by atoms with Crippen LogP contribution in [0.1, 0.15) is 48.5 Å². The summed E-state index contributed by atoms with van der Waals surface area (Å²) in [5.41, 5.74) is 0.505. The highest BCUT2D eigenvalue weighted by Crippen LogP contribution is 2.26. The number of ketones is 1. The maximum atomic E-state index is 12.9. The second kappa shape index (κ2) is 8.32. The highest BCUT2D eigenvalue weighted by molar-refractivity contribution is 6.10. The molecule has 0 fully saturated rings.